The van der Waals surface area contributed by atoms with Gasteiger partial charge in [-0.3, -0.25) is 4.98 Å². The van der Waals surface area contributed by atoms with Crippen LogP contribution in [0.15, 0.2) is 30.9 Å². The first-order valence-electron chi connectivity index (χ1n) is 10.1. The van der Waals surface area contributed by atoms with Crippen molar-refractivity contribution in [2.75, 3.05) is 25.1 Å². The molecule has 2 aromatic heterocycles. The van der Waals surface area contributed by atoms with Crippen molar-refractivity contribution in [1.29, 1.82) is 0 Å². The third kappa shape index (κ3) is 2.69. The summed E-state index contributed by atoms with van der Waals surface area (Å²) in [6.07, 6.45) is 11.8. The molecule has 3 heterocycles. The van der Waals surface area contributed by atoms with Crippen LogP contribution in [-0.2, 0) is 11.0 Å². The highest BCUT2D eigenvalue weighted by molar-refractivity contribution is 5.48. The van der Waals surface area contributed by atoms with E-state index < -0.39 is 5.60 Å². The summed E-state index contributed by atoms with van der Waals surface area (Å²) < 4.78 is 5.43. The second-order valence-electron chi connectivity index (χ2n) is 9.51. The van der Waals surface area contributed by atoms with Crippen molar-refractivity contribution in [3.8, 4) is 5.75 Å². The molecular formula is C22H28N4O2. The molecule has 2 saturated carbocycles. The monoisotopic (exact) mass is 380 g/mol. The molecule has 1 saturated heterocycles. The van der Waals surface area contributed by atoms with Crippen LogP contribution in [0.1, 0.15) is 50.9 Å². The van der Waals surface area contributed by atoms with Crippen LogP contribution in [0.5, 0.6) is 5.75 Å². The Hall–Kier alpha value is -2.21. The minimum absolute atomic E-state index is 0.217. The lowest BCUT2D eigenvalue weighted by atomic mass is 9.53. The fourth-order valence-corrected chi connectivity index (χ4v) is 4.95. The summed E-state index contributed by atoms with van der Waals surface area (Å²) in [6, 6.07) is 1.81. The van der Waals surface area contributed by atoms with E-state index >= 15 is 0 Å². The number of nitrogens with zero attached hydrogens (tertiary/aromatic N) is 4. The van der Waals surface area contributed by atoms with Gasteiger partial charge in [0.05, 0.1) is 30.8 Å². The Morgan fingerprint density at radius 1 is 1.18 bits per heavy atom. The highest BCUT2D eigenvalue weighted by Gasteiger charge is 2.57. The van der Waals surface area contributed by atoms with Gasteiger partial charge in [0.1, 0.15) is 11.6 Å². The van der Waals surface area contributed by atoms with Crippen LogP contribution in [0.2, 0.25) is 0 Å². The summed E-state index contributed by atoms with van der Waals surface area (Å²) in [5, 5.41) is 11.2. The summed E-state index contributed by atoms with van der Waals surface area (Å²) >= 11 is 0. The van der Waals surface area contributed by atoms with Crippen LogP contribution in [0.25, 0.3) is 0 Å². The van der Waals surface area contributed by atoms with Crippen molar-refractivity contribution >= 4 is 5.69 Å². The fourth-order valence-electron chi connectivity index (χ4n) is 4.95. The number of methoxy groups -OCH3 is 1. The first-order valence-corrected chi connectivity index (χ1v) is 10.1. The first kappa shape index (κ1) is 17.9. The molecule has 5 rings (SSSR count). The van der Waals surface area contributed by atoms with Gasteiger partial charge in [-0.1, -0.05) is 6.92 Å². The third-order valence-corrected chi connectivity index (χ3v) is 7.30. The van der Waals surface area contributed by atoms with Crippen molar-refractivity contribution < 1.29 is 9.84 Å². The van der Waals surface area contributed by atoms with E-state index in [9.17, 15) is 5.11 Å². The number of rotatable bonds is 5. The van der Waals surface area contributed by atoms with Gasteiger partial charge in [0.25, 0.3) is 0 Å². The molecule has 2 aliphatic carbocycles. The van der Waals surface area contributed by atoms with Crippen LogP contribution >= 0.6 is 0 Å². The Bertz CT molecular complexity index is 878. The maximum absolute atomic E-state index is 11.2. The van der Waals surface area contributed by atoms with Gasteiger partial charge in [-0.25, -0.2) is 9.97 Å². The summed E-state index contributed by atoms with van der Waals surface area (Å²) in [4.78, 5) is 15.8. The van der Waals surface area contributed by atoms with Gasteiger partial charge >= 0.3 is 0 Å². The van der Waals surface area contributed by atoms with Gasteiger partial charge in [-0.05, 0) is 44.6 Å². The number of hydrogen-bond acceptors (Lipinski definition) is 6. The highest BCUT2D eigenvalue weighted by Crippen LogP contribution is 2.58. The molecular weight excluding hydrogens is 352 g/mol. The second kappa shape index (κ2) is 5.89. The molecule has 1 spiro atoms. The molecule has 0 aromatic carbocycles. The van der Waals surface area contributed by atoms with Crippen LogP contribution in [0.3, 0.4) is 0 Å². The molecule has 0 radical (unpaired) electrons. The van der Waals surface area contributed by atoms with E-state index in [0.29, 0.717) is 11.2 Å². The lowest BCUT2D eigenvalue weighted by molar-refractivity contribution is -0.112. The maximum Gasteiger partial charge on any atom is 0.134 e. The van der Waals surface area contributed by atoms with Gasteiger partial charge in [-0.15, -0.1) is 0 Å². The smallest absolute Gasteiger partial charge is 0.134 e. The number of hydrogen-bond donors (Lipinski definition) is 1. The second-order valence-corrected chi connectivity index (χ2v) is 9.51. The zero-order chi connectivity index (χ0) is 19.6. The van der Waals surface area contributed by atoms with Gasteiger partial charge in [0.15, 0.2) is 0 Å². The molecule has 0 bridgehead atoms. The van der Waals surface area contributed by atoms with E-state index in [-0.39, 0.29) is 11.3 Å². The molecule has 1 atom stereocenters. The van der Waals surface area contributed by atoms with Gasteiger partial charge in [-0.2, -0.15) is 0 Å². The zero-order valence-electron chi connectivity index (χ0n) is 16.9. The Kier molecular flexibility index (Phi) is 3.76. The summed E-state index contributed by atoms with van der Waals surface area (Å²) in [5.41, 5.74) is 1.50. The first-order chi connectivity index (χ1) is 13.4. The van der Waals surface area contributed by atoms with E-state index in [1.807, 2.05) is 25.4 Å². The average molecular weight is 380 g/mol. The molecule has 6 heteroatoms. The summed E-state index contributed by atoms with van der Waals surface area (Å²) in [5.74, 6) is 1.91. The molecule has 148 valence electrons. The van der Waals surface area contributed by atoms with E-state index in [1.165, 1.54) is 12.8 Å². The molecule has 28 heavy (non-hydrogen) atoms. The SMILES string of the molecule is COc1ccncc1C(C)(O)C1CC2(C1)CN(c1cnc(C3(C)CC3)nc1)C2. The average Bonchev–Trinajstić information content (AvgIpc) is 3.38. The van der Waals surface area contributed by atoms with Crippen molar-refractivity contribution in [3.63, 3.8) is 0 Å². The standard InChI is InChI=1S/C22H28N4O2/c1-20(5-6-20)19-24-10-16(11-25-19)26-13-22(14-26)8-15(9-22)21(2,27)17-12-23-7-4-18(17)28-3/h4,7,10-12,15,27H,5-6,8-9,13-14H2,1-3H3. The Morgan fingerprint density at radius 2 is 1.86 bits per heavy atom. The van der Waals surface area contributed by atoms with Crippen LogP contribution in [-0.4, -0.2) is 40.3 Å². The maximum atomic E-state index is 11.2. The summed E-state index contributed by atoms with van der Waals surface area (Å²) in [6.45, 7) is 6.16. The van der Waals surface area contributed by atoms with Gasteiger partial charge < -0.3 is 14.7 Å². The molecule has 2 aromatic rings. The van der Waals surface area contributed by atoms with Crippen molar-refractivity contribution in [2.45, 2.75) is 50.5 Å². The molecule has 3 aliphatic rings. The molecule has 0 amide bonds. The number of pyridine rings is 1. The lowest BCUT2D eigenvalue weighted by Gasteiger charge is -2.62. The minimum atomic E-state index is -0.921. The van der Waals surface area contributed by atoms with Crippen molar-refractivity contribution in [2.24, 2.45) is 11.3 Å². The number of aliphatic hydroxyl groups is 1. The van der Waals surface area contributed by atoms with E-state index in [0.717, 1.165) is 43.0 Å². The Labute approximate surface area is 166 Å². The van der Waals surface area contributed by atoms with Crippen molar-refractivity contribution in [3.05, 3.63) is 42.2 Å². The predicted molar refractivity (Wildman–Crippen MR) is 106 cm³/mol. The van der Waals surface area contributed by atoms with Gasteiger partial charge in [0, 0.05) is 41.9 Å². The van der Waals surface area contributed by atoms with Crippen LogP contribution < -0.4 is 9.64 Å². The lowest BCUT2D eigenvalue weighted by Crippen LogP contribution is -2.65. The predicted octanol–water partition coefficient (Wildman–Crippen LogP) is 3.06. The Morgan fingerprint density at radius 3 is 2.46 bits per heavy atom. The minimum Gasteiger partial charge on any atom is -0.496 e. The number of aromatic nitrogens is 3. The van der Waals surface area contributed by atoms with Crippen LogP contribution in [0, 0.1) is 11.3 Å². The largest absolute Gasteiger partial charge is 0.496 e. The molecule has 1 aliphatic heterocycles. The van der Waals surface area contributed by atoms with Crippen molar-refractivity contribution in [1.82, 2.24) is 15.0 Å². The quantitative estimate of drug-likeness (QED) is 0.860. The number of anilines is 1. The fraction of sp³-hybridized carbons (Fsp3) is 0.591. The molecule has 1 unspecified atom stereocenters. The van der Waals surface area contributed by atoms with Crippen LogP contribution in [0.4, 0.5) is 5.69 Å². The van der Waals surface area contributed by atoms with Gasteiger partial charge in [0.2, 0.25) is 0 Å². The number of ether oxygens (including phenoxy) is 1. The third-order valence-electron chi connectivity index (χ3n) is 7.30. The Balaban J connectivity index is 1.22. The molecule has 1 N–H and O–H groups in total. The molecule has 6 nitrogen and oxygen atoms in total. The zero-order valence-corrected chi connectivity index (χ0v) is 16.9. The van der Waals surface area contributed by atoms with E-state index in [4.69, 9.17) is 4.74 Å². The van der Waals surface area contributed by atoms with E-state index in [2.05, 4.69) is 26.8 Å². The molecule has 3 fully saturated rings. The van der Waals surface area contributed by atoms with E-state index in [1.54, 1.807) is 19.5 Å². The normalized spacial score (nSPS) is 24.2. The topological polar surface area (TPSA) is 71.4 Å². The summed E-state index contributed by atoms with van der Waals surface area (Å²) in [7, 11) is 1.64. The highest BCUT2D eigenvalue weighted by atomic mass is 16.5.